The lowest BCUT2D eigenvalue weighted by molar-refractivity contribution is -0.117. The third kappa shape index (κ3) is 5.04. The SMILES string of the molecule is CCOC(=O)N1CCOc2ccc(C(=O)N3c4ccccc4C(N(C(C)=O)c4ccc(Cl)cc4)CC3C)cc21. The standard InChI is InChI=1S/C30H30ClN3O5/c1-4-38-30(37)32-15-16-39-28-14-9-21(18-27(28)32)29(36)33-19(2)17-26(24-7-5-6-8-25(24)33)34(20(3)35)23-12-10-22(31)11-13-23/h5-14,18-19,26H,4,15-17H2,1-3H3. The van der Waals surface area contributed by atoms with Gasteiger partial charge in [0.1, 0.15) is 12.4 Å². The maximum atomic E-state index is 14.0. The molecule has 8 nitrogen and oxygen atoms in total. The predicted octanol–water partition coefficient (Wildman–Crippen LogP) is 6.23. The van der Waals surface area contributed by atoms with Crippen molar-refractivity contribution >= 4 is 46.6 Å². The molecule has 0 aromatic heterocycles. The van der Waals surface area contributed by atoms with Crippen molar-refractivity contribution in [2.75, 3.05) is 34.5 Å². The molecule has 39 heavy (non-hydrogen) atoms. The molecule has 3 aromatic carbocycles. The summed E-state index contributed by atoms with van der Waals surface area (Å²) in [6.45, 7) is 6.21. The van der Waals surface area contributed by atoms with E-state index < -0.39 is 6.09 Å². The zero-order valence-electron chi connectivity index (χ0n) is 22.1. The average molecular weight is 548 g/mol. The third-order valence-electron chi connectivity index (χ3n) is 7.09. The number of anilines is 3. The van der Waals surface area contributed by atoms with Crippen LogP contribution < -0.4 is 19.4 Å². The first-order valence-corrected chi connectivity index (χ1v) is 13.4. The van der Waals surface area contributed by atoms with E-state index in [2.05, 4.69) is 0 Å². The van der Waals surface area contributed by atoms with Gasteiger partial charge < -0.3 is 19.3 Å². The maximum absolute atomic E-state index is 14.0. The van der Waals surface area contributed by atoms with E-state index in [-0.39, 0.29) is 30.5 Å². The second-order valence-corrected chi connectivity index (χ2v) is 10.0. The molecular weight excluding hydrogens is 518 g/mol. The summed E-state index contributed by atoms with van der Waals surface area (Å²) >= 11 is 6.10. The summed E-state index contributed by atoms with van der Waals surface area (Å²) < 4.78 is 10.9. The Morgan fingerprint density at radius 1 is 1.05 bits per heavy atom. The van der Waals surface area contributed by atoms with Crippen LogP contribution in [0.3, 0.4) is 0 Å². The van der Waals surface area contributed by atoms with Gasteiger partial charge >= 0.3 is 6.09 Å². The van der Waals surface area contributed by atoms with E-state index in [4.69, 9.17) is 21.1 Å². The molecule has 3 aromatic rings. The lowest BCUT2D eigenvalue weighted by atomic mass is 9.89. The number of rotatable bonds is 4. The number of hydrogen-bond acceptors (Lipinski definition) is 5. The summed E-state index contributed by atoms with van der Waals surface area (Å²) in [7, 11) is 0. The van der Waals surface area contributed by atoms with E-state index in [0.29, 0.717) is 41.6 Å². The summed E-state index contributed by atoms with van der Waals surface area (Å²) in [5, 5.41) is 0.591. The largest absolute Gasteiger partial charge is 0.490 e. The van der Waals surface area contributed by atoms with Gasteiger partial charge in [0.15, 0.2) is 0 Å². The van der Waals surface area contributed by atoms with Crippen LogP contribution in [-0.2, 0) is 9.53 Å². The highest BCUT2D eigenvalue weighted by Gasteiger charge is 2.38. The molecule has 0 saturated carbocycles. The summed E-state index contributed by atoms with van der Waals surface area (Å²) in [5.41, 5.74) is 3.29. The first-order valence-electron chi connectivity index (χ1n) is 13.0. The van der Waals surface area contributed by atoms with Crippen LogP contribution in [0.25, 0.3) is 0 Å². The van der Waals surface area contributed by atoms with Crippen molar-refractivity contribution in [3.8, 4) is 5.75 Å². The Labute approximate surface area is 232 Å². The van der Waals surface area contributed by atoms with E-state index in [1.807, 2.05) is 43.3 Å². The van der Waals surface area contributed by atoms with Crippen molar-refractivity contribution in [2.45, 2.75) is 39.3 Å². The molecule has 2 heterocycles. The van der Waals surface area contributed by atoms with Gasteiger partial charge in [0.2, 0.25) is 5.91 Å². The monoisotopic (exact) mass is 547 g/mol. The fourth-order valence-corrected chi connectivity index (χ4v) is 5.53. The first-order chi connectivity index (χ1) is 18.8. The van der Waals surface area contributed by atoms with Gasteiger partial charge in [-0.2, -0.15) is 0 Å². The van der Waals surface area contributed by atoms with Crippen LogP contribution in [-0.4, -0.2) is 43.7 Å². The van der Waals surface area contributed by atoms with Gasteiger partial charge in [0, 0.05) is 34.9 Å². The minimum absolute atomic E-state index is 0.0992. The number of halogens is 1. The highest BCUT2D eigenvalue weighted by atomic mass is 35.5. The highest BCUT2D eigenvalue weighted by Crippen LogP contribution is 2.43. The normalized spacial score (nSPS) is 17.9. The molecule has 2 aliphatic rings. The number of amides is 3. The summed E-state index contributed by atoms with van der Waals surface area (Å²) in [5.74, 6) is 0.224. The van der Waals surface area contributed by atoms with E-state index >= 15 is 0 Å². The Bertz CT molecular complexity index is 1410. The molecule has 0 saturated heterocycles. The molecule has 0 fully saturated rings. The Kier molecular flexibility index (Phi) is 7.48. The van der Waals surface area contributed by atoms with Gasteiger partial charge in [0.05, 0.1) is 24.9 Å². The second-order valence-electron chi connectivity index (χ2n) is 9.58. The third-order valence-corrected chi connectivity index (χ3v) is 7.34. The molecule has 0 bridgehead atoms. The van der Waals surface area contributed by atoms with Crippen molar-refractivity contribution in [2.24, 2.45) is 0 Å². The van der Waals surface area contributed by atoms with E-state index in [9.17, 15) is 14.4 Å². The zero-order valence-corrected chi connectivity index (χ0v) is 22.9. The fraction of sp³-hybridized carbons (Fsp3) is 0.300. The molecular formula is C30H30ClN3O5. The average Bonchev–Trinajstić information content (AvgIpc) is 2.93. The molecule has 9 heteroatoms. The Morgan fingerprint density at radius 3 is 2.51 bits per heavy atom. The van der Waals surface area contributed by atoms with Gasteiger partial charge in [0.25, 0.3) is 5.91 Å². The number of fused-ring (bicyclic) bond motifs is 2. The van der Waals surface area contributed by atoms with E-state index in [1.165, 1.54) is 4.90 Å². The Balaban J connectivity index is 1.52. The van der Waals surface area contributed by atoms with Crippen molar-refractivity contribution in [1.82, 2.24) is 0 Å². The summed E-state index contributed by atoms with van der Waals surface area (Å²) in [6.07, 6.45) is 0.0613. The van der Waals surface area contributed by atoms with Crippen molar-refractivity contribution in [1.29, 1.82) is 0 Å². The molecule has 0 spiro atoms. The van der Waals surface area contributed by atoms with E-state index in [0.717, 1.165) is 16.9 Å². The molecule has 2 atom stereocenters. The lowest BCUT2D eigenvalue weighted by Gasteiger charge is -2.43. The molecule has 2 unspecified atom stereocenters. The van der Waals surface area contributed by atoms with Crippen LogP contribution in [0.4, 0.5) is 21.9 Å². The number of ether oxygens (including phenoxy) is 2. The van der Waals surface area contributed by atoms with Gasteiger partial charge in [-0.3, -0.25) is 14.5 Å². The quantitative estimate of drug-likeness (QED) is 0.387. The van der Waals surface area contributed by atoms with Crippen LogP contribution >= 0.6 is 11.6 Å². The summed E-state index contributed by atoms with van der Waals surface area (Å²) in [4.78, 5) is 44.5. The minimum atomic E-state index is -0.474. The molecule has 0 aliphatic carbocycles. The van der Waals surface area contributed by atoms with Gasteiger partial charge in [-0.25, -0.2) is 4.79 Å². The van der Waals surface area contributed by atoms with E-state index in [1.54, 1.807) is 54.0 Å². The molecule has 3 amide bonds. The first kappa shape index (κ1) is 26.6. The number of nitrogens with zero attached hydrogens (tertiary/aromatic N) is 3. The zero-order chi connectivity index (χ0) is 27.7. The second kappa shape index (κ2) is 11.0. The minimum Gasteiger partial charge on any atom is -0.490 e. The maximum Gasteiger partial charge on any atom is 0.414 e. The van der Waals surface area contributed by atoms with Gasteiger partial charge in [-0.05, 0) is 74.4 Å². The van der Waals surface area contributed by atoms with Crippen LogP contribution in [0, 0.1) is 0 Å². The van der Waals surface area contributed by atoms with Crippen molar-refractivity contribution < 1.29 is 23.9 Å². The van der Waals surface area contributed by atoms with Crippen LogP contribution in [0.5, 0.6) is 5.75 Å². The molecule has 2 aliphatic heterocycles. The Morgan fingerprint density at radius 2 is 1.79 bits per heavy atom. The smallest absolute Gasteiger partial charge is 0.414 e. The number of carbonyl (C=O) groups is 3. The molecule has 0 N–H and O–H groups in total. The number of carbonyl (C=O) groups excluding carboxylic acids is 3. The molecule has 202 valence electrons. The van der Waals surface area contributed by atoms with Crippen molar-refractivity contribution in [3.05, 3.63) is 82.9 Å². The summed E-state index contributed by atoms with van der Waals surface area (Å²) in [6, 6.07) is 19.5. The van der Waals surface area contributed by atoms with Gasteiger partial charge in [-0.15, -0.1) is 0 Å². The van der Waals surface area contributed by atoms with Crippen LogP contribution in [0.1, 0.15) is 49.2 Å². The molecule has 0 radical (unpaired) electrons. The fourth-order valence-electron chi connectivity index (χ4n) is 5.40. The number of hydrogen-bond donors (Lipinski definition) is 0. The van der Waals surface area contributed by atoms with Crippen LogP contribution in [0.15, 0.2) is 66.7 Å². The number of para-hydroxylation sites is 1. The molecule has 5 rings (SSSR count). The lowest BCUT2D eigenvalue weighted by Crippen LogP contribution is -2.47. The topological polar surface area (TPSA) is 79.4 Å². The predicted molar refractivity (Wildman–Crippen MR) is 151 cm³/mol. The van der Waals surface area contributed by atoms with Crippen molar-refractivity contribution in [3.63, 3.8) is 0 Å². The Hall–Kier alpha value is -4.04. The van der Waals surface area contributed by atoms with Crippen LogP contribution in [0.2, 0.25) is 5.02 Å². The number of benzene rings is 3. The van der Waals surface area contributed by atoms with Gasteiger partial charge in [-0.1, -0.05) is 29.8 Å². The highest BCUT2D eigenvalue weighted by molar-refractivity contribution is 6.30.